The highest BCUT2D eigenvalue weighted by molar-refractivity contribution is 6.05. The number of aromatic amines is 1. The van der Waals surface area contributed by atoms with E-state index in [2.05, 4.69) is 10.3 Å². The second-order valence-electron chi connectivity index (χ2n) is 6.92. The van der Waals surface area contributed by atoms with E-state index in [0.29, 0.717) is 11.3 Å². The normalized spacial score (nSPS) is 12.8. The SMILES string of the molecule is CN(C)c1ccc(C(=O)Nc2ccc3c4c(c(=O)[nH]c3c2)CCC4)cc1. The summed E-state index contributed by atoms with van der Waals surface area (Å²) >= 11 is 0. The number of amides is 1. The lowest BCUT2D eigenvalue weighted by molar-refractivity contribution is 0.102. The Labute approximate surface area is 151 Å². The molecule has 1 heterocycles. The summed E-state index contributed by atoms with van der Waals surface area (Å²) in [7, 11) is 3.92. The first-order valence-electron chi connectivity index (χ1n) is 8.79. The molecule has 1 aliphatic carbocycles. The first-order chi connectivity index (χ1) is 12.5. The average molecular weight is 347 g/mol. The van der Waals surface area contributed by atoms with E-state index < -0.39 is 0 Å². The molecule has 5 heteroatoms. The molecule has 0 saturated carbocycles. The third kappa shape index (κ3) is 2.86. The van der Waals surface area contributed by atoms with Gasteiger partial charge in [-0.1, -0.05) is 6.07 Å². The summed E-state index contributed by atoms with van der Waals surface area (Å²) in [6.45, 7) is 0. The van der Waals surface area contributed by atoms with E-state index >= 15 is 0 Å². The van der Waals surface area contributed by atoms with Gasteiger partial charge in [-0.15, -0.1) is 0 Å². The molecule has 2 N–H and O–H groups in total. The van der Waals surface area contributed by atoms with Crippen LogP contribution in [0.5, 0.6) is 0 Å². The maximum Gasteiger partial charge on any atom is 0.255 e. The van der Waals surface area contributed by atoms with Crippen molar-refractivity contribution < 1.29 is 4.79 Å². The molecule has 2 aromatic carbocycles. The van der Waals surface area contributed by atoms with Crippen LogP contribution in [0, 0.1) is 0 Å². The molecule has 1 amide bonds. The standard InChI is InChI=1S/C21H21N3O2/c1-24(2)15-9-6-13(7-10-15)20(25)22-14-8-11-17-16-4-3-5-18(16)21(26)23-19(17)12-14/h6-12H,3-5H2,1-2H3,(H,22,25)(H,23,26). The van der Waals surface area contributed by atoms with Gasteiger partial charge in [-0.25, -0.2) is 0 Å². The number of nitrogens with one attached hydrogen (secondary N) is 2. The van der Waals surface area contributed by atoms with Crippen molar-refractivity contribution >= 4 is 28.2 Å². The van der Waals surface area contributed by atoms with Crippen LogP contribution in [-0.2, 0) is 12.8 Å². The molecule has 0 aliphatic heterocycles. The third-order valence-corrected chi connectivity index (χ3v) is 4.99. The fourth-order valence-electron chi connectivity index (χ4n) is 3.59. The minimum absolute atomic E-state index is 0.00671. The van der Waals surface area contributed by atoms with Crippen molar-refractivity contribution in [1.82, 2.24) is 4.98 Å². The number of fused-ring (bicyclic) bond motifs is 3. The predicted molar refractivity (Wildman–Crippen MR) is 105 cm³/mol. The number of carbonyl (C=O) groups is 1. The molecule has 5 nitrogen and oxygen atoms in total. The molecule has 26 heavy (non-hydrogen) atoms. The Kier molecular flexibility index (Phi) is 3.99. The minimum Gasteiger partial charge on any atom is -0.378 e. The number of H-pyrrole nitrogens is 1. The summed E-state index contributed by atoms with van der Waals surface area (Å²) in [5, 5.41) is 3.99. The smallest absolute Gasteiger partial charge is 0.255 e. The number of benzene rings is 2. The molecule has 0 fully saturated rings. The van der Waals surface area contributed by atoms with Crippen molar-refractivity contribution in [2.24, 2.45) is 0 Å². The average Bonchev–Trinajstić information content (AvgIpc) is 3.12. The van der Waals surface area contributed by atoms with Gasteiger partial charge < -0.3 is 15.2 Å². The van der Waals surface area contributed by atoms with E-state index in [9.17, 15) is 9.59 Å². The second kappa shape index (κ2) is 6.33. The Hall–Kier alpha value is -3.08. The Morgan fingerprint density at radius 1 is 1.04 bits per heavy atom. The summed E-state index contributed by atoms with van der Waals surface area (Å²) in [4.78, 5) is 29.6. The number of pyridine rings is 1. The number of nitrogens with zero attached hydrogens (tertiary/aromatic N) is 1. The van der Waals surface area contributed by atoms with Gasteiger partial charge in [0.15, 0.2) is 0 Å². The molecule has 0 spiro atoms. The Morgan fingerprint density at radius 3 is 2.50 bits per heavy atom. The van der Waals surface area contributed by atoms with Crippen molar-refractivity contribution in [2.45, 2.75) is 19.3 Å². The zero-order chi connectivity index (χ0) is 18.3. The van der Waals surface area contributed by atoms with Crippen LogP contribution in [0.15, 0.2) is 47.3 Å². The van der Waals surface area contributed by atoms with Crippen molar-refractivity contribution in [2.75, 3.05) is 24.3 Å². The first kappa shape index (κ1) is 16.4. The highest BCUT2D eigenvalue weighted by Gasteiger charge is 2.18. The topological polar surface area (TPSA) is 65.2 Å². The van der Waals surface area contributed by atoms with Gasteiger partial charge in [-0.3, -0.25) is 9.59 Å². The highest BCUT2D eigenvalue weighted by Crippen LogP contribution is 2.28. The van der Waals surface area contributed by atoms with Gasteiger partial charge in [0.2, 0.25) is 0 Å². The number of carbonyl (C=O) groups excluding carboxylic acids is 1. The zero-order valence-corrected chi connectivity index (χ0v) is 14.9. The zero-order valence-electron chi connectivity index (χ0n) is 14.9. The molecular weight excluding hydrogens is 326 g/mol. The summed E-state index contributed by atoms with van der Waals surface area (Å²) < 4.78 is 0. The summed E-state index contributed by atoms with van der Waals surface area (Å²) in [5.41, 5.74) is 5.14. The van der Waals surface area contributed by atoms with Crippen molar-refractivity contribution in [3.05, 3.63) is 69.5 Å². The highest BCUT2D eigenvalue weighted by atomic mass is 16.1. The van der Waals surface area contributed by atoms with Gasteiger partial charge >= 0.3 is 0 Å². The monoisotopic (exact) mass is 347 g/mol. The lowest BCUT2D eigenvalue weighted by atomic mass is 10.1. The number of rotatable bonds is 3. The number of anilines is 2. The molecular formula is C21H21N3O2. The van der Waals surface area contributed by atoms with E-state index in [1.54, 1.807) is 12.1 Å². The Balaban J connectivity index is 1.62. The lowest BCUT2D eigenvalue weighted by Crippen LogP contribution is -2.14. The molecule has 1 aromatic heterocycles. The summed E-state index contributed by atoms with van der Waals surface area (Å²) in [6.07, 6.45) is 2.82. The van der Waals surface area contributed by atoms with Crippen LogP contribution >= 0.6 is 0 Å². The minimum atomic E-state index is -0.168. The summed E-state index contributed by atoms with van der Waals surface area (Å²) in [5.74, 6) is -0.168. The molecule has 0 radical (unpaired) electrons. The molecule has 0 atom stereocenters. The Morgan fingerprint density at radius 2 is 1.77 bits per heavy atom. The lowest BCUT2D eigenvalue weighted by Gasteiger charge is -2.13. The number of aromatic nitrogens is 1. The molecule has 132 valence electrons. The van der Waals surface area contributed by atoms with Crippen LogP contribution in [0.2, 0.25) is 0 Å². The van der Waals surface area contributed by atoms with E-state index in [-0.39, 0.29) is 11.5 Å². The summed E-state index contributed by atoms with van der Waals surface area (Å²) in [6, 6.07) is 13.2. The largest absolute Gasteiger partial charge is 0.378 e. The molecule has 0 unspecified atom stereocenters. The van der Waals surface area contributed by atoms with E-state index in [4.69, 9.17) is 0 Å². The van der Waals surface area contributed by atoms with Gasteiger partial charge in [0.05, 0.1) is 5.52 Å². The van der Waals surface area contributed by atoms with Crippen LogP contribution < -0.4 is 15.8 Å². The van der Waals surface area contributed by atoms with Crippen LogP contribution in [0.25, 0.3) is 10.9 Å². The van der Waals surface area contributed by atoms with Gasteiger partial charge in [0, 0.05) is 42.0 Å². The number of hydrogen-bond acceptors (Lipinski definition) is 3. The molecule has 3 aromatic rings. The van der Waals surface area contributed by atoms with Gasteiger partial charge in [0.1, 0.15) is 0 Å². The fraction of sp³-hybridized carbons (Fsp3) is 0.238. The predicted octanol–water partition coefficient (Wildman–Crippen LogP) is 3.34. The first-order valence-corrected chi connectivity index (χ1v) is 8.79. The fourth-order valence-corrected chi connectivity index (χ4v) is 3.59. The maximum absolute atomic E-state index is 12.5. The molecule has 4 rings (SSSR count). The number of hydrogen-bond donors (Lipinski definition) is 2. The molecule has 1 aliphatic rings. The molecule has 0 saturated heterocycles. The molecule has 0 bridgehead atoms. The quantitative estimate of drug-likeness (QED) is 0.764. The Bertz CT molecular complexity index is 1050. The van der Waals surface area contributed by atoms with Gasteiger partial charge in [-0.2, -0.15) is 0 Å². The van der Waals surface area contributed by atoms with Crippen molar-refractivity contribution in [3.8, 4) is 0 Å². The number of aryl methyl sites for hydroxylation is 1. The second-order valence-corrected chi connectivity index (χ2v) is 6.92. The van der Waals surface area contributed by atoms with E-state index in [1.807, 2.05) is 49.3 Å². The van der Waals surface area contributed by atoms with Crippen molar-refractivity contribution in [1.29, 1.82) is 0 Å². The van der Waals surface area contributed by atoms with Crippen LogP contribution in [0.4, 0.5) is 11.4 Å². The van der Waals surface area contributed by atoms with Crippen LogP contribution in [0.1, 0.15) is 27.9 Å². The van der Waals surface area contributed by atoms with E-state index in [1.165, 1.54) is 0 Å². The van der Waals surface area contributed by atoms with Gasteiger partial charge in [0.25, 0.3) is 11.5 Å². The third-order valence-electron chi connectivity index (χ3n) is 4.99. The van der Waals surface area contributed by atoms with Gasteiger partial charge in [-0.05, 0) is 61.2 Å². The maximum atomic E-state index is 12.5. The van der Waals surface area contributed by atoms with Crippen molar-refractivity contribution in [3.63, 3.8) is 0 Å². The van der Waals surface area contributed by atoms with Crippen LogP contribution in [-0.4, -0.2) is 25.0 Å². The van der Waals surface area contributed by atoms with Crippen LogP contribution in [0.3, 0.4) is 0 Å². The van der Waals surface area contributed by atoms with E-state index in [0.717, 1.165) is 47.0 Å².